The first-order valence-electron chi connectivity index (χ1n) is 13.2. The number of benzene rings is 2. The number of carbonyl (C=O) groups excluding carboxylic acids is 3. The molecule has 2 N–H and O–H groups in total. The molecule has 3 amide bonds. The topological polar surface area (TPSA) is 106 Å². The van der Waals surface area contributed by atoms with E-state index in [1.165, 1.54) is 0 Å². The molecule has 0 fully saturated rings. The molecular weight excluding hydrogens is 518 g/mol. The predicted octanol–water partition coefficient (Wildman–Crippen LogP) is 3.89. The van der Waals surface area contributed by atoms with E-state index in [2.05, 4.69) is 15.7 Å². The van der Waals surface area contributed by atoms with Crippen LogP contribution in [-0.4, -0.2) is 64.7 Å². The van der Waals surface area contributed by atoms with E-state index in [0.29, 0.717) is 54.4 Å². The van der Waals surface area contributed by atoms with E-state index in [1.54, 1.807) is 40.0 Å². The Morgan fingerprint density at radius 3 is 2.69 bits per heavy atom. The number of rotatable bonds is 4. The standard InChI is InChI=1S/C29H34ClN5O4/c1-20(2)35-25(12-14-32-35)29(38)34-15-7-6-13-31-28(37)24-17-22(30)10-11-26(24)39-19-23(33-27(36)18-34)16-21-8-4-3-5-9-21/h3-5,8-12,14,17,20,23H,6-7,13,15-16,18-19H2,1-2H3,(H,31,37)(H,33,36)/t23-/m0/s1. The van der Waals surface area contributed by atoms with Crippen molar-refractivity contribution >= 4 is 29.3 Å². The summed E-state index contributed by atoms with van der Waals surface area (Å²) in [5.41, 5.74) is 1.79. The molecule has 0 saturated heterocycles. The molecule has 9 nitrogen and oxygen atoms in total. The lowest BCUT2D eigenvalue weighted by Gasteiger charge is -2.25. The van der Waals surface area contributed by atoms with Crippen LogP contribution in [0, 0.1) is 0 Å². The van der Waals surface area contributed by atoms with E-state index in [-0.39, 0.29) is 36.9 Å². The second-order valence-corrected chi connectivity index (χ2v) is 10.3. The van der Waals surface area contributed by atoms with Gasteiger partial charge in [0.2, 0.25) is 5.91 Å². The lowest BCUT2D eigenvalue weighted by molar-refractivity contribution is -0.122. The average molecular weight is 552 g/mol. The molecule has 1 aliphatic rings. The number of fused-ring (bicyclic) bond motifs is 1. The summed E-state index contributed by atoms with van der Waals surface area (Å²) < 4.78 is 7.73. The average Bonchev–Trinajstić information content (AvgIpc) is 3.41. The van der Waals surface area contributed by atoms with Crippen LogP contribution in [0.1, 0.15) is 59.1 Å². The van der Waals surface area contributed by atoms with Gasteiger partial charge in [-0.2, -0.15) is 5.10 Å². The van der Waals surface area contributed by atoms with Crippen molar-refractivity contribution in [1.82, 2.24) is 25.3 Å². The highest BCUT2D eigenvalue weighted by Gasteiger charge is 2.25. The van der Waals surface area contributed by atoms with Crippen LogP contribution >= 0.6 is 11.6 Å². The summed E-state index contributed by atoms with van der Waals surface area (Å²) in [4.78, 5) is 41.3. The number of nitrogens with one attached hydrogen (secondary N) is 2. The maximum absolute atomic E-state index is 13.5. The van der Waals surface area contributed by atoms with Crippen LogP contribution in [0.5, 0.6) is 5.75 Å². The molecule has 0 radical (unpaired) electrons. The molecule has 1 atom stereocenters. The Morgan fingerprint density at radius 1 is 1.13 bits per heavy atom. The molecule has 4 rings (SSSR count). The number of nitrogens with zero attached hydrogens (tertiary/aromatic N) is 3. The lowest BCUT2D eigenvalue weighted by Crippen LogP contribution is -2.47. The van der Waals surface area contributed by atoms with Gasteiger partial charge in [-0.05, 0) is 62.9 Å². The smallest absolute Gasteiger partial charge is 0.272 e. The third-order valence-electron chi connectivity index (χ3n) is 6.46. The molecule has 0 unspecified atom stereocenters. The largest absolute Gasteiger partial charge is 0.491 e. The van der Waals surface area contributed by atoms with Crippen LogP contribution in [0.4, 0.5) is 0 Å². The fraction of sp³-hybridized carbons (Fsp3) is 0.379. The number of hydrogen-bond donors (Lipinski definition) is 2. The molecule has 0 bridgehead atoms. The van der Waals surface area contributed by atoms with E-state index < -0.39 is 6.04 Å². The van der Waals surface area contributed by atoms with Crippen molar-refractivity contribution in [2.24, 2.45) is 0 Å². The maximum Gasteiger partial charge on any atom is 0.272 e. The first kappa shape index (κ1) is 28.2. The molecule has 0 aliphatic carbocycles. The van der Waals surface area contributed by atoms with Gasteiger partial charge in [0, 0.05) is 30.4 Å². The van der Waals surface area contributed by atoms with Crippen LogP contribution < -0.4 is 15.4 Å². The fourth-order valence-electron chi connectivity index (χ4n) is 4.53. The van der Waals surface area contributed by atoms with Gasteiger partial charge in [-0.15, -0.1) is 0 Å². The van der Waals surface area contributed by atoms with E-state index in [1.807, 2.05) is 44.2 Å². The third kappa shape index (κ3) is 7.60. The molecule has 2 heterocycles. The quantitative estimate of drug-likeness (QED) is 0.512. The van der Waals surface area contributed by atoms with Crippen molar-refractivity contribution in [3.63, 3.8) is 0 Å². The summed E-state index contributed by atoms with van der Waals surface area (Å²) in [5, 5.41) is 10.7. The minimum absolute atomic E-state index is 0.00557. The van der Waals surface area contributed by atoms with Crippen molar-refractivity contribution in [3.05, 3.63) is 82.6 Å². The molecule has 0 spiro atoms. The van der Waals surface area contributed by atoms with Gasteiger partial charge in [0.25, 0.3) is 11.8 Å². The first-order chi connectivity index (χ1) is 18.8. The summed E-state index contributed by atoms with van der Waals surface area (Å²) >= 11 is 6.17. The first-order valence-corrected chi connectivity index (χ1v) is 13.6. The summed E-state index contributed by atoms with van der Waals surface area (Å²) in [7, 11) is 0. The van der Waals surface area contributed by atoms with E-state index in [4.69, 9.17) is 16.3 Å². The van der Waals surface area contributed by atoms with Gasteiger partial charge in [0.15, 0.2) is 0 Å². The number of hydrogen-bond acceptors (Lipinski definition) is 5. The third-order valence-corrected chi connectivity index (χ3v) is 6.69. The minimum Gasteiger partial charge on any atom is -0.491 e. The highest BCUT2D eigenvalue weighted by molar-refractivity contribution is 6.31. The van der Waals surface area contributed by atoms with Crippen LogP contribution in [0.3, 0.4) is 0 Å². The van der Waals surface area contributed by atoms with Crippen molar-refractivity contribution < 1.29 is 19.1 Å². The Balaban J connectivity index is 1.59. The lowest BCUT2D eigenvalue weighted by atomic mass is 10.1. The zero-order chi connectivity index (χ0) is 27.8. The van der Waals surface area contributed by atoms with Gasteiger partial charge in [-0.25, -0.2) is 0 Å². The molecule has 39 heavy (non-hydrogen) atoms. The summed E-state index contributed by atoms with van der Waals surface area (Å²) in [6.45, 7) is 4.67. The Labute approximate surface area is 233 Å². The molecule has 1 aromatic heterocycles. The number of amides is 3. The number of halogens is 1. The van der Waals surface area contributed by atoms with Crippen LogP contribution in [0.25, 0.3) is 0 Å². The SMILES string of the molecule is CC(C)n1nccc1C(=O)N1CCCCNC(=O)c2cc(Cl)ccc2OC[C@H](Cc2ccccc2)NC(=O)C1. The summed E-state index contributed by atoms with van der Waals surface area (Å²) in [6, 6.07) is 15.9. The van der Waals surface area contributed by atoms with Gasteiger partial charge in [-0.3, -0.25) is 19.1 Å². The highest BCUT2D eigenvalue weighted by Crippen LogP contribution is 2.23. The molecule has 3 aromatic rings. The Hall–Kier alpha value is -3.85. The second-order valence-electron chi connectivity index (χ2n) is 9.85. The van der Waals surface area contributed by atoms with Crippen molar-refractivity contribution in [2.75, 3.05) is 26.2 Å². The Bertz CT molecular complexity index is 1290. The van der Waals surface area contributed by atoms with Crippen LogP contribution in [-0.2, 0) is 11.2 Å². The van der Waals surface area contributed by atoms with Crippen molar-refractivity contribution in [2.45, 2.75) is 45.2 Å². The monoisotopic (exact) mass is 551 g/mol. The Kier molecular flexibility index (Phi) is 9.59. The maximum atomic E-state index is 13.5. The summed E-state index contributed by atoms with van der Waals surface area (Å²) in [5.74, 6) is -0.455. The fourth-order valence-corrected chi connectivity index (χ4v) is 4.70. The van der Waals surface area contributed by atoms with E-state index in [9.17, 15) is 14.4 Å². The molecule has 206 valence electrons. The zero-order valence-corrected chi connectivity index (χ0v) is 23.0. The van der Waals surface area contributed by atoms with Gasteiger partial charge >= 0.3 is 0 Å². The van der Waals surface area contributed by atoms with Crippen molar-refractivity contribution in [3.8, 4) is 5.75 Å². The minimum atomic E-state index is -0.408. The predicted molar refractivity (Wildman–Crippen MR) is 149 cm³/mol. The van der Waals surface area contributed by atoms with Crippen molar-refractivity contribution in [1.29, 1.82) is 0 Å². The second kappa shape index (κ2) is 13.3. The molecule has 1 aliphatic heterocycles. The van der Waals surface area contributed by atoms with E-state index >= 15 is 0 Å². The Morgan fingerprint density at radius 2 is 1.92 bits per heavy atom. The molecule has 10 heteroatoms. The van der Waals surface area contributed by atoms with E-state index in [0.717, 1.165) is 5.56 Å². The van der Waals surface area contributed by atoms with Gasteiger partial charge in [0.1, 0.15) is 18.1 Å². The normalized spacial score (nSPS) is 17.3. The number of carbonyl (C=O) groups is 3. The number of aromatic nitrogens is 2. The van der Waals surface area contributed by atoms with Gasteiger partial charge < -0.3 is 20.3 Å². The van der Waals surface area contributed by atoms with Gasteiger partial charge in [0.05, 0.1) is 18.2 Å². The summed E-state index contributed by atoms with van der Waals surface area (Å²) in [6.07, 6.45) is 3.32. The number of ether oxygens (including phenoxy) is 1. The van der Waals surface area contributed by atoms with Crippen LogP contribution in [0.15, 0.2) is 60.8 Å². The molecular formula is C29H34ClN5O4. The van der Waals surface area contributed by atoms with Crippen LogP contribution in [0.2, 0.25) is 5.02 Å². The highest BCUT2D eigenvalue weighted by atomic mass is 35.5. The molecule has 2 aromatic carbocycles. The molecule has 0 saturated carbocycles. The van der Waals surface area contributed by atoms with Gasteiger partial charge in [-0.1, -0.05) is 41.9 Å². The zero-order valence-electron chi connectivity index (χ0n) is 22.2.